The Morgan fingerprint density at radius 2 is 1.91 bits per heavy atom. The summed E-state index contributed by atoms with van der Waals surface area (Å²) in [5, 5.41) is 2.61. The van der Waals surface area contributed by atoms with Crippen molar-refractivity contribution in [2.45, 2.75) is 25.8 Å². The number of ether oxygens (including phenoxy) is 1. The predicted octanol–water partition coefficient (Wildman–Crippen LogP) is 1.64. The van der Waals surface area contributed by atoms with Crippen molar-refractivity contribution in [3.8, 4) is 0 Å². The lowest BCUT2D eigenvalue weighted by molar-refractivity contribution is -0.154. The summed E-state index contributed by atoms with van der Waals surface area (Å²) in [7, 11) is 0. The number of carbonyl (C=O) groups is 2. The smallest absolute Gasteiger partial charge is 0.396 e. The zero-order valence-corrected chi connectivity index (χ0v) is 12.7. The van der Waals surface area contributed by atoms with Crippen molar-refractivity contribution >= 4 is 11.9 Å². The van der Waals surface area contributed by atoms with E-state index in [2.05, 4.69) is 15.0 Å². The third-order valence-electron chi connectivity index (χ3n) is 3.75. The molecule has 1 unspecified atom stereocenters. The zero-order chi connectivity index (χ0) is 15.9. The largest absolute Gasteiger partial charge is 0.459 e. The first-order chi connectivity index (χ1) is 10.6. The molecule has 1 aromatic carbocycles. The van der Waals surface area contributed by atoms with E-state index < -0.39 is 11.9 Å². The van der Waals surface area contributed by atoms with Gasteiger partial charge < -0.3 is 10.1 Å². The second-order valence-electron chi connectivity index (χ2n) is 5.24. The third kappa shape index (κ3) is 4.27. The molecule has 22 heavy (non-hydrogen) atoms. The fourth-order valence-electron chi connectivity index (χ4n) is 2.65. The number of likely N-dealkylation sites (tertiary alicyclic amines) is 1. The van der Waals surface area contributed by atoms with Gasteiger partial charge in [-0.1, -0.05) is 12.1 Å². The fourth-order valence-corrected chi connectivity index (χ4v) is 2.65. The van der Waals surface area contributed by atoms with Crippen LogP contribution < -0.4 is 5.32 Å². The lowest BCUT2D eigenvalue weighted by Gasteiger charge is -2.28. The number of nitrogens with one attached hydrogen (secondary N) is 1. The summed E-state index contributed by atoms with van der Waals surface area (Å²) in [5.74, 6) is -1.91. The highest BCUT2D eigenvalue weighted by Crippen LogP contribution is 2.24. The Morgan fingerprint density at radius 3 is 2.50 bits per heavy atom. The van der Waals surface area contributed by atoms with E-state index in [0.29, 0.717) is 6.54 Å². The van der Waals surface area contributed by atoms with Gasteiger partial charge in [-0.15, -0.1) is 0 Å². The standard InChI is InChI=1S/C16H21FN2O3/c1-2-22-16(21)15(20)18-11-14(19-9-3-4-10-19)12-5-7-13(17)8-6-12/h5-8,14H,2-4,9-11H2,1H3,(H,18,20). The number of esters is 1. The van der Waals surface area contributed by atoms with Crippen LogP contribution >= 0.6 is 0 Å². The molecule has 1 aromatic rings. The van der Waals surface area contributed by atoms with Crippen molar-refractivity contribution < 1.29 is 18.7 Å². The summed E-state index contributed by atoms with van der Waals surface area (Å²) < 4.78 is 17.8. The fraction of sp³-hybridized carbons (Fsp3) is 0.500. The molecule has 6 heteroatoms. The Morgan fingerprint density at radius 1 is 1.27 bits per heavy atom. The maximum atomic E-state index is 13.1. The highest BCUT2D eigenvalue weighted by atomic mass is 19.1. The number of benzene rings is 1. The minimum Gasteiger partial charge on any atom is -0.459 e. The van der Waals surface area contributed by atoms with E-state index in [1.54, 1.807) is 19.1 Å². The molecule has 0 saturated carbocycles. The number of carbonyl (C=O) groups excluding carboxylic acids is 2. The summed E-state index contributed by atoms with van der Waals surface area (Å²) in [6, 6.07) is 6.18. The first kappa shape index (κ1) is 16.4. The Balaban J connectivity index is 2.03. The van der Waals surface area contributed by atoms with Gasteiger partial charge in [0.25, 0.3) is 0 Å². The zero-order valence-electron chi connectivity index (χ0n) is 12.7. The van der Waals surface area contributed by atoms with Crippen LogP contribution in [-0.2, 0) is 14.3 Å². The summed E-state index contributed by atoms with van der Waals surface area (Å²) in [6.45, 7) is 3.97. The van der Waals surface area contributed by atoms with E-state index in [4.69, 9.17) is 0 Å². The first-order valence-electron chi connectivity index (χ1n) is 7.56. The van der Waals surface area contributed by atoms with Gasteiger partial charge in [0.1, 0.15) is 5.82 Å². The molecule has 0 aliphatic carbocycles. The number of rotatable bonds is 5. The number of nitrogens with zero attached hydrogens (tertiary/aromatic N) is 1. The van der Waals surface area contributed by atoms with Crippen molar-refractivity contribution in [3.05, 3.63) is 35.6 Å². The summed E-state index contributed by atoms with van der Waals surface area (Å²) in [6.07, 6.45) is 2.20. The molecule has 1 aliphatic rings. The monoisotopic (exact) mass is 308 g/mol. The van der Waals surface area contributed by atoms with E-state index in [1.807, 2.05) is 0 Å². The minimum absolute atomic E-state index is 0.0681. The van der Waals surface area contributed by atoms with Crippen LogP contribution in [0.4, 0.5) is 4.39 Å². The van der Waals surface area contributed by atoms with Crippen LogP contribution in [0.1, 0.15) is 31.4 Å². The van der Waals surface area contributed by atoms with Gasteiger partial charge in [-0.25, -0.2) is 9.18 Å². The van der Waals surface area contributed by atoms with Crippen LogP contribution in [0.2, 0.25) is 0 Å². The van der Waals surface area contributed by atoms with Gasteiger partial charge in [0.15, 0.2) is 0 Å². The Hall–Kier alpha value is -1.95. The first-order valence-corrected chi connectivity index (χ1v) is 7.56. The number of hydrogen-bond donors (Lipinski definition) is 1. The Labute approximate surface area is 129 Å². The highest BCUT2D eigenvalue weighted by molar-refractivity contribution is 6.32. The van der Waals surface area contributed by atoms with E-state index in [9.17, 15) is 14.0 Å². The van der Waals surface area contributed by atoms with Crippen LogP contribution in [0.3, 0.4) is 0 Å². The van der Waals surface area contributed by atoms with Crippen LogP contribution in [0.5, 0.6) is 0 Å². The van der Waals surface area contributed by atoms with Crippen LogP contribution in [0, 0.1) is 5.82 Å². The van der Waals surface area contributed by atoms with E-state index >= 15 is 0 Å². The van der Waals surface area contributed by atoms with Crippen molar-refractivity contribution in [1.29, 1.82) is 0 Å². The topological polar surface area (TPSA) is 58.6 Å². The number of amides is 1. The number of halogens is 1. The molecule has 2 rings (SSSR count). The molecule has 0 aromatic heterocycles. The molecule has 1 atom stereocenters. The molecule has 120 valence electrons. The minimum atomic E-state index is -0.873. The number of hydrogen-bond acceptors (Lipinski definition) is 4. The van der Waals surface area contributed by atoms with E-state index in [-0.39, 0.29) is 18.5 Å². The van der Waals surface area contributed by atoms with E-state index in [1.165, 1.54) is 12.1 Å². The lowest BCUT2D eigenvalue weighted by Crippen LogP contribution is -2.40. The Bertz CT molecular complexity index is 513. The van der Waals surface area contributed by atoms with Crippen molar-refractivity contribution in [3.63, 3.8) is 0 Å². The van der Waals surface area contributed by atoms with Crippen molar-refractivity contribution in [1.82, 2.24) is 10.2 Å². The highest BCUT2D eigenvalue weighted by Gasteiger charge is 2.25. The quantitative estimate of drug-likeness (QED) is 0.664. The van der Waals surface area contributed by atoms with Gasteiger partial charge in [0.2, 0.25) is 0 Å². The van der Waals surface area contributed by atoms with Crippen LogP contribution in [0.15, 0.2) is 24.3 Å². The summed E-state index contributed by atoms with van der Waals surface area (Å²) in [4.78, 5) is 25.3. The second-order valence-corrected chi connectivity index (χ2v) is 5.24. The average molecular weight is 308 g/mol. The lowest BCUT2D eigenvalue weighted by atomic mass is 10.1. The van der Waals surface area contributed by atoms with Gasteiger partial charge in [-0.05, 0) is 50.6 Å². The van der Waals surface area contributed by atoms with Gasteiger partial charge in [0.05, 0.1) is 12.6 Å². The van der Waals surface area contributed by atoms with E-state index in [0.717, 1.165) is 31.5 Å². The van der Waals surface area contributed by atoms with Crippen LogP contribution in [-0.4, -0.2) is 43.0 Å². The molecule has 1 aliphatic heterocycles. The Kier molecular flexibility index (Phi) is 5.89. The molecule has 1 N–H and O–H groups in total. The van der Waals surface area contributed by atoms with Crippen LogP contribution in [0.25, 0.3) is 0 Å². The molecule has 0 bridgehead atoms. The molecule has 1 amide bonds. The third-order valence-corrected chi connectivity index (χ3v) is 3.75. The molecule has 1 fully saturated rings. The molecule has 0 spiro atoms. The molecular weight excluding hydrogens is 287 g/mol. The van der Waals surface area contributed by atoms with Crippen molar-refractivity contribution in [2.24, 2.45) is 0 Å². The molecule has 1 heterocycles. The van der Waals surface area contributed by atoms with Gasteiger partial charge in [-0.3, -0.25) is 9.69 Å². The molecule has 1 saturated heterocycles. The molecule has 0 radical (unpaired) electrons. The average Bonchev–Trinajstić information content (AvgIpc) is 3.03. The molecular formula is C16H21FN2O3. The maximum Gasteiger partial charge on any atom is 0.396 e. The predicted molar refractivity (Wildman–Crippen MR) is 79.6 cm³/mol. The maximum absolute atomic E-state index is 13.1. The van der Waals surface area contributed by atoms with Crippen molar-refractivity contribution in [2.75, 3.05) is 26.2 Å². The SMILES string of the molecule is CCOC(=O)C(=O)NCC(c1ccc(F)cc1)N1CCCC1. The molecule has 5 nitrogen and oxygen atoms in total. The van der Waals surface area contributed by atoms with Gasteiger partial charge in [-0.2, -0.15) is 0 Å². The summed E-state index contributed by atoms with van der Waals surface area (Å²) >= 11 is 0. The normalized spacial score (nSPS) is 16.3. The summed E-state index contributed by atoms with van der Waals surface area (Å²) in [5.41, 5.74) is 0.924. The van der Waals surface area contributed by atoms with Gasteiger partial charge in [0, 0.05) is 6.54 Å². The second kappa shape index (κ2) is 7.89. The van der Waals surface area contributed by atoms with Gasteiger partial charge >= 0.3 is 11.9 Å².